The summed E-state index contributed by atoms with van der Waals surface area (Å²) in [4.78, 5) is 33.0. The number of aryl methyl sites for hydroxylation is 2. The molecule has 9 heteroatoms. The van der Waals surface area contributed by atoms with Gasteiger partial charge in [-0.2, -0.15) is 0 Å². The number of aromatic nitrogens is 4. The molecule has 5 heterocycles. The first-order valence-corrected chi connectivity index (χ1v) is 13.8. The van der Waals surface area contributed by atoms with Crippen molar-refractivity contribution in [2.24, 2.45) is 0 Å². The first-order chi connectivity index (χ1) is 19.1. The highest BCUT2D eigenvalue weighted by molar-refractivity contribution is 6.07. The average molecular weight is 524 g/mol. The minimum absolute atomic E-state index is 0.0775. The molecule has 0 bridgehead atoms. The number of nitrogens with one attached hydrogen (secondary N) is 3. The number of fused-ring (bicyclic) bond motifs is 4. The van der Waals surface area contributed by atoms with Crippen LogP contribution in [-0.4, -0.2) is 58.1 Å². The molecule has 200 valence electrons. The standard InChI is InChI=1S/C30H33N7O2/c1-37(2)15-24-18(17-10-12-39-13-11-17)7-9-25(35-24)34-23-8-6-19(21-14-31-30(38)26(21)23)28-27-20-4-3-5-22(20)36-29(27)33-16-32-28/h6-9,16-17H,3-5,10-15H2,1-2H3,(H,31,38)(H,34,35)(H,32,33,36). The van der Waals surface area contributed by atoms with Crippen LogP contribution >= 0.6 is 0 Å². The van der Waals surface area contributed by atoms with Gasteiger partial charge in [-0.15, -0.1) is 0 Å². The predicted octanol–water partition coefficient (Wildman–Crippen LogP) is 4.45. The SMILES string of the molecule is CN(C)Cc1nc(Nc2ccc(-c3ncnc4[nH]c5c(c34)CCC5)c3c2C(=O)NC3)ccc1C1CCOCC1. The lowest BCUT2D eigenvalue weighted by Crippen LogP contribution is -2.19. The average Bonchev–Trinajstić information content (AvgIpc) is 3.64. The van der Waals surface area contributed by atoms with Crippen molar-refractivity contribution >= 4 is 28.4 Å². The summed E-state index contributed by atoms with van der Waals surface area (Å²) in [6.07, 6.45) is 6.86. The quantitative estimate of drug-likeness (QED) is 0.343. The van der Waals surface area contributed by atoms with Crippen LogP contribution in [0, 0.1) is 0 Å². The number of ether oxygens (including phenoxy) is 1. The molecule has 1 saturated heterocycles. The van der Waals surface area contributed by atoms with E-state index in [9.17, 15) is 4.79 Å². The van der Waals surface area contributed by atoms with Gasteiger partial charge < -0.3 is 25.3 Å². The second-order valence-electron chi connectivity index (χ2n) is 11.1. The topological polar surface area (TPSA) is 108 Å². The van der Waals surface area contributed by atoms with Crippen LogP contribution in [0.1, 0.15) is 63.6 Å². The zero-order chi connectivity index (χ0) is 26.5. The predicted molar refractivity (Wildman–Crippen MR) is 150 cm³/mol. The lowest BCUT2D eigenvalue weighted by Gasteiger charge is -2.25. The second-order valence-corrected chi connectivity index (χ2v) is 11.1. The zero-order valence-corrected chi connectivity index (χ0v) is 22.4. The van der Waals surface area contributed by atoms with Crippen LogP contribution in [0.4, 0.5) is 11.5 Å². The van der Waals surface area contributed by atoms with Crippen LogP contribution in [0.3, 0.4) is 0 Å². The van der Waals surface area contributed by atoms with E-state index in [1.807, 2.05) is 12.1 Å². The summed E-state index contributed by atoms with van der Waals surface area (Å²) in [5.74, 6) is 1.13. The molecule has 9 nitrogen and oxygen atoms in total. The van der Waals surface area contributed by atoms with Crippen molar-refractivity contribution in [2.75, 3.05) is 32.6 Å². The molecule has 3 aliphatic rings. The lowest BCUT2D eigenvalue weighted by molar-refractivity contribution is 0.0849. The Labute approximate surface area is 227 Å². The van der Waals surface area contributed by atoms with E-state index in [2.05, 4.69) is 51.7 Å². The van der Waals surface area contributed by atoms with Crippen molar-refractivity contribution < 1.29 is 9.53 Å². The maximum atomic E-state index is 13.1. The van der Waals surface area contributed by atoms with E-state index in [0.717, 1.165) is 96.9 Å². The Kier molecular flexibility index (Phi) is 6.05. The molecule has 7 rings (SSSR count). The number of aromatic amines is 1. The summed E-state index contributed by atoms with van der Waals surface area (Å²) in [5, 5.41) is 7.60. The Morgan fingerprint density at radius 1 is 1.08 bits per heavy atom. The van der Waals surface area contributed by atoms with Gasteiger partial charge >= 0.3 is 0 Å². The molecular formula is C30H33N7O2. The first-order valence-electron chi connectivity index (χ1n) is 13.8. The number of nitrogens with zero attached hydrogens (tertiary/aromatic N) is 4. The van der Waals surface area contributed by atoms with E-state index in [1.165, 1.54) is 16.8 Å². The number of anilines is 2. The summed E-state index contributed by atoms with van der Waals surface area (Å²) in [6, 6.07) is 8.30. The number of hydrogen-bond donors (Lipinski definition) is 3. The number of carbonyl (C=O) groups excluding carboxylic acids is 1. The number of hydrogen-bond acceptors (Lipinski definition) is 7. The fourth-order valence-corrected chi connectivity index (χ4v) is 6.47. The number of carbonyl (C=O) groups is 1. The van der Waals surface area contributed by atoms with Crippen molar-refractivity contribution in [3.63, 3.8) is 0 Å². The van der Waals surface area contributed by atoms with Gasteiger partial charge in [-0.1, -0.05) is 12.1 Å². The zero-order valence-electron chi connectivity index (χ0n) is 22.4. The van der Waals surface area contributed by atoms with Gasteiger partial charge in [0.2, 0.25) is 0 Å². The number of amides is 1. The van der Waals surface area contributed by atoms with Crippen molar-refractivity contribution in [1.29, 1.82) is 0 Å². The van der Waals surface area contributed by atoms with Crippen LogP contribution in [-0.2, 0) is 30.7 Å². The summed E-state index contributed by atoms with van der Waals surface area (Å²) < 4.78 is 5.59. The molecule has 4 aromatic rings. The Morgan fingerprint density at radius 3 is 2.79 bits per heavy atom. The molecule has 1 aliphatic carbocycles. The molecule has 3 N–H and O–H groups in total. The fourth-order valence-electron chi connectivity index (χ4n) is 6.47. The Balaban J connectivity index is 1.27. The van der Waals surface area contributed by atoms with Crippen LogP contribution in [0.5, 0.6) is 0 Å². The van der Waals surface area contributed by atoms with Crippen molar-refractivity contribution in [1.82, 2.24) is 30.2 Å². The van der Waals surface area contributed by atoms with Crippen molar-refractivity contribution in [2.45, 2.75) is 51.1 Å². The highest BCUT2D eigenvalue weighted by Gasteiger charge is 2.29. The monoisotopic (exact) mass is 523 g/mol. The summed E-state index contributed by atoms with van der Waals surface area (Å²) in [5.41, 5.74) is 10.1. The van der Waals surface area contributed by atoms with Crippen molar-refractivity contribution in [3.8, 4) is 11.3 Å². The third-order valence-corrected chi connectivity index (χ3v) is 8.26. The first kappa shape index (κ1) is 24.2. The number of rotatable bonds is 6. The molecular weight excluding hydrogens is 490 g/mol. The van der Waals surface area contributed by atoms with E-state index >= 15 is 0 Å². The molecule has 1 aromatic carbocycles. The minimum atomic E-state index is -0.0775. The molecule has 0 unspecified atom stereocenters. The van der Waals surface area contributed by atoms with E-state index in [4.69, 9.17) is 14.7 Å². The van der Waals surface area contributed by atoms with Gasteiger partial charge in [-0.3, -0.25) is 4.79 Å². The molecule has 1 amide bonds. The van der Waals surface area contributed by atoms with Gasteiger partial charge in [-0.25, -0.2) is 15.0 Å². The number of H-pyrrole nitrogens is 1. The summed E-state index contributed by atoms with van der Waals surface area (Å²) >= 11 is 0. The molecule has 3 aromatic heterocycles. The number of benzene rings is 1. The lowest BCUT2D eigenvalue weighted by atomic mass is 9.90. The normalized spacial score (nSPS) is 17.1. The van der Waals surface area contributed by atoms with Gasteiger partial charge in [0.05, 0.1) is 22.6 Å². The molecule has 0 saturated carbocycles. The van der Waals surface area contributed by atoms with Gasteiger partial charge in [0.1, 0.15) is 17.8 Å². The largest absolute Gasteiger partial charge is 0.381 e. The van der Waals surface area contributed by atoms with Crippen LogP contribution in [0.25, 0.3) is 22.3 Å². The van der Waals surface area contributed by atoms with Gasteiger partial charge in [0.15, 0.2) is 0 Å². The maximum absolute atomic E-state index is 13.1. The highest BCUT2D eigenvalue weighted by atomic mass is 16.5. The van der Waals surface area contributed by atoms with Crippen LogP contribution in [0.2, 0.25) is 0 Å². The fraction of sp³-hybridized carbons (Fsp3) is 0.400. The Morgan fingerprint density at radius 2 is 1.95 bits per heavy atom. The molecule has 0 spiro atoms. The maximum Gasteiger partial charge on any atom is 0.254 e. The highest BCUT2D eigenvalue weighted by Crippen LogP contribution is 2.40. The van der Waals surface area contributed by atoms with Crippen molar-refractivity contribution in [3.05, 3.63) is 64.2 Å². The van der Waals surface area contributed by atoms with Crippen LogP contribution in [0.15, 0.2) is 30.6 Å². The Bertz CT molecular complexity index is 1590. The van der Waals surface area contributed by atoms with Crippen LogP contribution < -0.4 is 10.6 Å². The summed E-state index contributed by atoms with van der Waals surface area (Å²) in [6.45, 7) is 2.82. The minimum Gasteiger partial charge on any atom is -0.381 e. The van der Waals surface area contributed by atoms with Gasteiger partial charge in [0, 0.05) is 42.9 Å². The van der Waals surface area contributed by atoms with Gasteiger partial charge in [-0.05, 0) is 80.9 Å². The molecule has 1 fully saturated rings. The smallest absolute Gasteiger partial charge is 0.254 e. The van der Waals surface area contributed by atoms with Gasteiger partial charge in [0.25, 0.3) is 5.91 Å². The number of pyridine rings is 1. The molecule has 2 aliphatic heterocycles. The Hall–Kier alpha value is -3.82. The second kappa shape index (κ2) is 9.73. The van der Waals surface area contributed by atoms with E-state index < -0.39 is 0 Å². The summed E-state index contributed by atoms with van der Waals surface area (Å²) in [7, 11) is 4.13. The van der Waals surface area contributed by atoms with E-state index in [0.29, 0.717) is 18.0 Å². The molecule has 0 atom stereocenters. The third-order valence-electron chi connectivity index (χ3n) is 8.26. The third kappa shape index (κ3) is 4.26. The molecule has 39 heavy (non-hydrogen) atoms. The van der Waals surface area contributed by atoms with E-state index in [1.54, 1.807) is 6.33 Å². The van der Waals surface area contributed by atoms with E-state index in [-0.39, 0.29) is 5.91 Å². The molecule has 0 radical (unpaired) electrons.